The van der Waals surface area contributed by atoms with Crippen molar-refractivity contribution in [2.75, 3.05) is 52.1 Å². The van der Waals surface area contributed by atoms with Crippen LogP contribution in [0.4, 0.5) is 0 Å². The van der Waals surface area contributed by atoms with Crippen molar-refractivity contribution in [3.05, 3.63) is 0 Å². The minimum absolute atomic E-state index is 0.213. The second-order valence-electron chi connectivity index (χ2n) is 4.23. The van der Waals surface area contributed by atoms with Crippen molar-refractivity contribution in [3.8, 4) is 0 Å². The van der Waals surface area contributed by atoms with Crippen LogP contribution in [0.15, 0.2) is 0 Å². The zero-order valence-electron chi connectivity index (χ0n) is 10.3. The van der Waals surface area contributed by atoms with Gasteiger partial charge in [0.05, 0.1) is 5.75 Å². The summed E-state index contributed by atoms with van der Waals surface area (Å²) >= 11 is 0. The molecule has 1 aliphatic rings. The summed E-state index contributed by atoms with van der Waals surface area (Å²) in [6, 6.07) is 0. The van der Waals surface area contributed by atoms with E-state index < -0.39 is 10.0 Å². The molecule has 0 radical (unpaired) electrons. The Morgan fingerprint density at radius 2 is 1.94 bits per heavy atom. The minimum Gasteiger partial charge on any atom is -0.316 e. The summed E-state index contributed by atoms with van der Waals surface area (Å²) in [5.74, 6) is 0.213. The Morgan fingerprint density at radius 1 is 1.19 bits per heavy atom. The van der Waals surface area contributed by atoms with Crippen molar-refractivity contribution < 1.29 is 8.42 Å². The fraction of sp³-hybridized carbons (Fsp3) is 1.00. The molecule has 1 rings (SSSR count). The number of nitrogens with zero attached hydrogens (tertiary/aromatic N) is 2. The Balaban J connectivity index is 2.47. The third-order valence-electron chi connectivity index (χ3n) is 2.86. The Hall–Kier alpha value is -0.170. The van der Waals surface area contributed by atoms with Gasteiger partial charge >= 0.3 is 0 Å². The van der Waals surface area contributed by atoms with E-state index in [-0.39, 0.29) is 5.75 Å². The summed E-state index contributed by atoms with van der Waals surface area (Å²) < 4.78 is 25.6. The molecule has 5 nitrogen and oxygen atoms in total. The lowest BCUT2D eigenvalue weighted by molar-refractivity contribution is 0.347. The molecule has 0 saturated carbocycles. The van der Waals surface area contributed by atoms with Crippen LogP contribution < -0.4 is 5.32 Å². The van der Waals surface area contributed by atoms with Gasteiger partial charge < -0.3 is 10.2 Å². The van der Waals surface area contributed by atoms with Gasteiger partial charge in [0.1, 0.15) is 0 Å². The smallest absolute Gasteiger partial charge is 0.215 e. The van der Waals surface area contributed by atoms with Gasteiger partial charge in [0.15, 0.2) is 0 Å². The Bertz CT molecular complexity index is 292. The quantitative estimate of drug-likeness (QED) is 0.671. The van der Waals surface area contributed by atoms with E-state index >= 15 is 0 Å². The zero-order chi connectivity index (χ0) is 12.0. The van der Waals surface area contributed by atoms with Gasteiger partial charge in [-0.15, -0.1) is 0 Å². The maximum atomic E-state index is 12.0. The first-order valence-corrected chi connectivity index (χ1v) is 7.54. The van der Waals surface area contributed by atoms with Crippen LogP contribution in [0.5, 0.6) is 0 Å². The molecule has 1 fully saturated rings. The fourth-order valence-electron chi connectivity index (χ4n) is 1.81. The molecule has 0 aromatic heterocycles. The van der Waals surface area contributed by atoms with E-state index in [2.05, 4.69) is 10.2 Å². The van der Waals surface area contributed by atoms with Crippen molar-refractivity contribution >= 4 is 10.0 Å². The molecule has 6 heteroatoms. The molecule has 1 N–H and O–H groups in total. The van der Waals surface area contributed by atoms with E-state index in [1.807, 2.05) is 14.0 Å². The van der Waals surface area contributed by atoms with Crippen LogP contribution in [0.1, 0.15) is 13.3 Å². The highest BCUT2D eigenvalue weighted by Gasteiger charge is 2.23. The predicted molar refractivity (Wildman–Crippen MR) is 66.0 cm³/mol. The molecule has 0 unspecified atom stereocenters. The number of likely N-dealkylation sites (N-methyl/N-ethyl adjacent to an activating group) is 1. The van der Waals surface area contributed by atoms with E-state index in [1.165, 1.54) is 0 Å². The van der Waals surface area contributed by atoms with Crippen molar-refractivity contribution in [1.82, 2.24) is 14.5 Å². The van der Waals surface area contributed by atoms with E-state index in [4.69, 9.17) is 0 Å². The lowest BCUT2D eigenvalue weighted by Gasteiger charge is -2.20. The standard InChI is InChI=1S/C10H23N3O2S/c1-3-11-5-10-16(14,15)13-7-4-6-12(2)8-9-13/h11H,3-10H2,1-2H3. The molecular weight excluding hydrogens is 226 g/mol. The van der Waals surface area contributed by atoms with Crippen LogP contribution >= 0.6 is 0 Å². The topological polar surface area (TPSA) is 52.7 Å². The second kappa shape index (κ2) is 6.54. The molecule has 1 aliphatic heterocycles. The molecule has 1 heterocycles. The molecule has 0 spiro atoms. The van der Waals surface area contributed by atoms with Gasteiger partial charge in [-0.25, -0.2) is 12.7 Å². The molecule has 0 aliphatic carbocycles. The summed E-state index contributed by atoms with van der Waals surface area (Å²) in [4.78, 5) is 2.18. The van der Waals surface area contributed by atoms with Crippen LogP contribution in [-0.4, -0.2) is 69.7 Å². The second-order valence-corrected chi connectivity index (χ2v) is 6.31. The highest BCUT2D eigenvalue weighted by molar-refractivity contribution is 7.89. The van der Waals surface area contributed by atoms with E-state index in [1.54, 1.807) is 4.31 Å². The number of hydrogen-bond donors (Lipinski definition) is 1. The summed E-state index contributed by atoms with van der Waals surface area (Å²) in [7, 11) is -1.02. The average molecular weight is 249 g/mol. The number of nitrogens with one attached hydrogen (secondary N) is 1. The molecule has 16 heavy (non-hydrogen) atoms. The van der Waals surface area contributed by atoms with E-state index in [0.717, 1.165) is 26.1 Å². The number of hydrogen-bond acceptors (Lipinski definition) is 4. The maximum absolute atomic E-state index is 12.0. The van der Waals surface area contributed by atoms with Gasteiger partial charge in [-0.3, -0.25) is 0 Å². The van der Waals surface area contributed by atoms with Crippen molar-refractivity contribution in [3.63, 3.8) is 0 Å². The molecule has 0 aromatic rings. The summed E-state index contributed by atoms with van der Waals surface area (Å²) in [5.41, 5.74) is 0. The van der Waals surface area contributed by atoms with Crippen LogP contribution in [0.3, 0.4) is 0 Å². The highest BCUT2D eigenvalue weighted by atomic mass is 32.2. The highest BCUT2D eigenvalue weighted by Crippen LogP contribution is 2.07. The first-order valence-electron chi connectivity index (χ1n) is 5.93. The molecule has 1 saturated heterocycles. The third kappa shape index (κ3) is 4.37. The lowest BCUT2D eigenvalue weighted by Crippen LogP contribution is -2.38. The summed E-state index contributed by atoms with van der Waals surface area (Å²) in [5, 5.41) is 3.05. The minimum atomic E-state index is -3.06. The Labute approximate surface area is 98.8 Å². The zero-order valence-corrected chi connectivity index (χ0v) is 11.1. The molecule has 0 bridgehead atoms. The largest absolute Gasteiger partial charge is 0.316 e. The lowest BCUT2D eigenvalue weighted by atomic mass is 10.4. The van der Waals surface area contributed by atoms with Gasteiger partial charge in [-0.05, 0) is 26.6 Å². The van der Waals surface area contributed by atoms with Crippen molar-refractivity contribution in [2.24, 2.45) is 0 Å². The van der Waals surface area contributed by atoms with Gasteiger partial charge in [-0.1, -0.05) is 6.92 Å². The first-order chi connectivity index (χ1) is 7.56. The van der Waals surface area contributed by atoms with Crippen molar-refractivity contribution in [1.29, 1.82) is 0 Å². The SMILES string of the molecule is CCNCCS(=O)(=O)N1CCCN(C)CC1. The monoisotopic (exact) mass is 249 g/mol. The average Bonchev–Trinajstić information content (AvgIpc) is 2.43. The van der Waals surface area contributed by atoms with Crippen LogP contribution in [-0.2, 0) is 10.0 Å². The summed E-state index contributed by atoms with van der Waals surface area (Å²) in [6.45, 7) is 6.46. The molecule has 96 valence electrons. The van der Waals surface area contributed by atoms with Crippen LogP contribution in [0.25, 0.3) is 0 Å². The van der Waals surface area contributed by atoms with Gasteiger partial charge in [0.2, 0.25) is 10.0 Å². The third-order valence-corrected chi connectivity index (χ3v) is 4.73. The Morgan fingerprint density at radius 3 is 2.62 bits per heavy atom. The molecule has 0 amide bonds. The van der Waals surface area contributed by atoms with Crippen LogP contribution in [0.2, 0.25) is 0 Å². The molecule has 0 aromatic carbocycles. The van der Waals surface area contributed by atoms with Gasteiger partial charge in [0, 0.05) is 26.2 Å². The first kappa shape index (κ1) is 13.9. The number of rotatable bonds is 5. The van der Waals surface area contributed by atoms with E-state index in [9.17, 15) is 8.42 Å². The number of sulfonamides is 1. The Kier molecular flexibility index (Phi) is 5.68. The molecule has 0 atom stereocenters. The van der Waals surface area contributed by atoms with Crippen LogP contribution in [0, 0.1) is 0 Å². The summed E-state index contributed by atoms with van der Waals surface area (Å²) in [6.07, 6.45) is 0.928. The maximum Gasteiger partial charge on any atom is 0.215 e. The fourth-order valence-corrected chi connectivity index (χ4v) is 3.24. The predicted octanol–water partition coefficient (Wildman–Crippen LogP) is -0.437. The molecular formula is C10H23N3O2S. The van der Waals surface area contributed by atoms with Gasteiger partial charge in [0.25, 0.3) is 0 Å². The van der Waals surface area contributed by atoms with Crippen molar-refractivity contribution in [2.45, 2.75) is 13.3 Å². The van der Waals surface area contributed by atoms with E-state index in [0.29, 0.717) is 19.6 Å². The van der Waals surface area contributed by atoms with Gasteiger partial charge in [-0.2, -0.15) is 0 Å². The normalized spacial score (nSPS) is 20.9.